The van der Waals surface area contributed by atoms with Gasteiger partial charge >= 0.3 is 0 Å². The van der Waals surface area contributed by atoms with Crippen molar-refractivity contribution in [2.45, 2.75) is 19.8 Å². The Kier molecular flexibility index (Phi) is 4.93. The molecule has 2 atom stereocenters. The number of hydrogen-bond acceptors (Lipinski definition) is 1. The van der Waals surface area contributed by atoms with Gasteiger partial charge in [-0.3, -0.25) is 4.79 Å². The number of anilines is 1. The van der Waals surface area contributed by atoms with Crippen molar-refractivity contribution in [3.8, 4) is 0 Å². The van der Waals surface area contributed by atoms with E-state index in [1.54, 1.807) is 12.1 Å². The maximum atomic E-state index is 13.6. The zero-order valence-corrected chi connectivity index (χ0v) is 12.6. The Bertz CT molecular complexity index is 467. The molecule has 19 heavy (non-hydrogen) atoms. The topological polar surface area (TPSA) is 33.5 Å². The molecular weight excluding hydrogens is 311 g/mol. The highest BCUT2D eigenvalue weighted by atomic mass is 79.9. The number of quaternary nitrogens is 1. The van der Waals surface area contributed by atoms with E-state index in [1.807, 2.05) is 0 Å². The van der Waals surface area contributed by atoms with E-state index in [0.717, 1.165) is 19.5 Å². The normalized spacial score (nSPS) is 23.1. The highest BCUT2D eigenvalue weighted by Crippen LogP contribution is 2.19. The molecule has 1 aromatic rings. The molecule has 1 fully saturated rings. The third-order valence-electron chi connectivity index (χ3n) is 3.48. The van der Waals surface area contributed by atoms with Crippen LogP contribution >= 0.6 is 15.9 Å². The van der Waals surface area contributed by atoms with E-state index in [2.05, 4.69) is 28.2 Å². The van der Waals surface area contributed by atoms with Crippen LogP contribution in [0.25, 0.3) is 0 Å². The molecule has 0 spiro atoms. The lowest BCUT2D eigenvalue weighted by atomic mass is 10.0. The highest BCUT2D eigenvalue weighted by Gasteiger charge is 2.22. The predicted octanol–water partition coefficient (Wildman–Crippen LogP) is 1.84. The molecule has 0 aliphatic carbocycles. The molecule has 0 aromatic heterocycles. The average molecular weight is 330 g/mol. The number of benzene rings is 1. The van der Waals surface area contributed by atoms with E-state index < -0.39 is 5.82 Å². The smallest absolute Gasteiger partial charge is 0.279 e. The van der Waals surface area contributed by atoms with Gasteiger partial charge in [-0.15, -0.1) is 0 Å². The van der Waals surface area contributed by atoms with Gasteiger partial charge < -0.3 is 10.2 Å². The van der Waals surface area contributed by atoms with E-state index >= 15 is 0 Å². The van der Waals surface area contributed by atoms with Crippen LogP contribution in [0.2, 0.25) is 0 Å². The minimum absolute atomic E-state index is 0.120. The Balaban J connectivity index is 1.90. The summed E-state index contributed by atoms with van der Waals surface area (Å²) in [5.74, 6) is 0.135. The molecule has 3 nitrogen and oxygen atoms in total. The number of piperidine rings is 1. The van der Waals surface area contributed by atoms with Gasteiger partial charge in [-0.1, -0.05) is 22.9 Å². The van der Waals surface area contributed by atoms with Crippen LogP contribution in [0.4, 0.5) is 10.1 Å². The molecular formula is C14H19BrFN2O+. The molecule has 1 aromatic carbocycles. The molecule has 0 radical (unpaired) electrons. The zero-order chi connectivity index (χ0) is 13.8. The first-order valence-electron chi connectivity index (χ1n) is 6.63. The van der Waals surface area contributed by atoms with Crippen LogP contribution < -0.4 is 10.2 Å². The van der Waals surface area contributed by atoms with Gasteiger partial charge in [0.15, 0.2) is 6.54 Å². The Morgan fingerprint density at radius 2 is 2.37 bits per heavy atom. The summed E-state index contributed by atoms with van der Waals surface area (Å²) in [6.45, 7) is 4.68. The van der Waals surface area contributed by atoms with E-state index in [-0.39, 0.29) is 11.6 Å². The molecule has 1 aliphatic rings. The Labute approximate surface area is 121 Å². The summed E-state index contributed by atoms with van der Waals surface area (Å²) >= 11 is 3.19. The number of carbonyl (C=O) groups excluding carboxylic acids is 1. The van der Waals surface area contributed by atoms with Crippen LogP contribution in [0.5, 0.6) is 0 Å². The lowest BCUT2D eigenvalue weighted by molar-refractivity contribution is -0.900. The first-order valence-corrected chi connectivity index (χ1v) is 7.42. The van der Waals surface area contributed by atoms with Gasteiger partial charge in [0.25, 0.3) is 5.91 Å². The van der Waals surface area contributed by atoms with Crippen molar-refractivity contribution < 1.29 is 14.1 Å². The summed E-state index contributed by atoms with van der Waals surface area (Å²) in [4.78, 5) is 13.2. The quantitative estimate of drug-likeness (QED) is 0.871. The number of rotatable bonds is 3. The second kappa shape index (κ2) is 6.48. The summed E-state index contributed by atoms with van der Waals surface area (Å²) in [5.41, 5.74) is 0.248. The molecule has 104 valence electrons. The first kappa shape index (κ1) is 14.5. The Hall–Kier alpha value is -0.940. The largest absolute Gasteiger partial charge is 0.327 e. The van der Waals surface area contributed by atoms with E-state index in [9.17, 15) is 9.18 Å². The van der Waals surface area contributed by atoms with Crippen molar-refractivity contribution in [1.29, 1.82) is 0 Å². The SMILES string of the molecule is C[C@@H]1CCC[NH+](CC(=O)Nc2ccc(Br)cc2F)C1. The van der Waals surface area contributed by atoms with Gasteiger partial charge in [0.2, 0.25) is 0 Å². The third-order valence-corrected chi connectivity index (χ3v) is 3.97. The van der Waals surface area contributed by atoms with Crippen molar-refractivity contribution in [2.24, 2.45) is 5.92 Å². The minimum atomic E-state index is -0.412. The molecule has 1 amide bonds. The number of likely N-dealkylation sites (tertiary alicyclic amines) is 1. The molecule has 5 heteroatoms. The molecule has 2 N–H and O–H groups in total. The van der Waals surface area contributed by atoms with Crippen LogP contribution in [0.15, 0.2) is 22.7 Å². The van der Waals surface area contributed by atoms with Gasteiger partial charge in [0, 0.05) is 10.4 Å². The maximum Gasteiger partial charge on any atom is 0.279 e. The molecule has 1 heterocycles. The maximum absolute atomic E-state index is 13.6. The van der Waals surface area contributed by atoms with E-state index in [4.69, 9.17) is 0 Å². The van der Waals surface area contributed by atoms with E-state index in [0.29, 0.717) is 16.9 Å². The number of nitrogens with one attached hydrogen (secondary N) is 2. The zero-order valence-electron chi connectivity index (χ0n) is 11.0. The summed E-state index contributed by atoms with van der Waals surface area (Å²) < 4.78 is 14.3. The van der Waals surface area contributed by atoms with Crippen molar-refractivity contribution >= 4 is 27.5 Å². The molecule has 0 saturated carbocycles. The summed E-state index contributed by atoms with van der Waals surface area (Å²) in [7, 11) is 0. The summed E-state index contributed by atoms with van der Waals surface area (Å²) in [6, 6.07) is 4.64. The summed E-state index contributed by atoms with van der Waals surface area (Å²) in [5, 5.41) is 2.64. The lowest BCUT2D eigenvalue weighted by Gasteiger charge is -2.27. The lowest BCUT2D eigenvalue weighted by Crippen LogP contribution is -3.14. The number of amides is 1. The minimum Gasteiger partial charge on any atom is -0.327 e. The van der Waals surface area contributed by atoms with Crippen molar-refractivity contribution in [2.75, 3.05) is 25.0 Å². The fourth-order valence-corrected chi connectivity index (χ4v) is 2.90. The van der Waals surface area contributed by atoms with Crippen LogP contribution in [-0.4, -0.2) is 25.5 Å². The monoisotopic (exact) mass is 329 g/mol. The highest BCUT2D eigenvalue weighted by molar-refractivity contribution is 9.10. The average Bonchev–Trinajstić information content (AvgIpc) is 2.33. The Morgan fingerprint density at radius 1 is 1.58 bits per heavy atom. The number of hydrogen-bond donors (Lipinski definition) is 2. The predicted molar refractivity (Wildman–Crippen MR) is 76.7 cm³/mol. The number of halogens is 2. The second-order valence-corrected chi connectivity index (χ2v) is 6.22. The molecule has 2 rings (SSSR count). The molecule has 0 bridgehead atoms. The standard InChI is InChI=1S/C14H18BrFN2O/c1-10-3-2-6-18(8-10)9-14(19)17-13-5-4-11(15)7-12(13)16/h4-5,7,10H,2-3,6,8-9H2,1H3,(H,17,19)/p+1/t10-/m1/s1. The Morgan fingerprint density at radius 3 is 3.05 bits per heavy atom. The van der Waals surface area contributed by atoms with Crippen LogP contribution in [0, 0.1) is 11.7 Å². The van der Waals surface area contributed by atoms with Gasteiger partial charge in [0.05, 0.1) is 18.8 Å². The second-order valence-electron chi connectivity index (χ2n) is 5.30. The van der Waals surface area contributed by atoms with Crippen LogP contribution in [-0.2, 0) is 4.79 Å². The van der Waals surface area contributed by atoms with Gasteiger partial charge in [-0.05, 0) is 31.0 Å². The van der Waals surface area contributed by atoms with Gasteiger partial charge in [-0.25, -0.2) is 4.39 Å². The van der Waals surface area contributed by atoms with Crippen LogP contribution in [0.1, 0.15) is 19.8 Å². The van der Waals surface area contributed by atoms with Crippen molar-refractivity contribution in [3.05, 3.63) is 28.5 Å². The number of carbonyl (C=O) groups is 1. The third kappa shape index (κ3) is 4.28. The molecule has 1 saturated heterocycles. The van der Waals surface area contributed by atoms with Gasteiger partial charge in [0.1, 0.15) is 5.82 Å². The summed E-state index contributed by atoms with van der Waals surface area (Å²) in [6.07, 6.45) is 2.41. The van der Waals surface area contributed by atoms with Crippen molar-refractivity contribution in [1.82, 2.24) is 0 Å². The molecule has 1 unspecified atom stereocenters. The van der Waals surface area contributed by atoms with Gasteiger partial charge in [-0.2, -0.15) is 0 Å². The molecule has 1 aliphatic heterocycles. The fraction of sp³-hybridized carbons (Fsp3) is 0.500. The fourth-order valence-electron chi connectivity index (χ4n) is 2.57. The van der Waals surface area contributed by atoms with Crippen molar-refractivity contribution in [3.63, 3.8) is 0 Å². The van der Waals surface area contributed by atoms with E-state index in [1.165, 1.54) is 17.4 Å². The first-order chi connectivity index (χ1) is 9.04. The van der Waals surface area contributed by atoms with Crippen LogP contribution in [0.3, 0.4) is 0 Å².